The molecular weight excluding hydrogens is 692 g/mol. The SMILES string of the molecule is CC[C@H]1C[C@H](CC)P1[C]1[CH][CH][CH][CH]1.CC[C@H]1C[C@H](CC)P1[C]1[CH][CH][CH][CH]1.F[B-](F)(F)F.[CH]1[CH]CC[CH][CH]CC1.[Fe+2].[Rh]. The monoisotopic (exact) mass is 740 g/mol. The van der Waals surface area contributed by atoms with Crippen molar-refractivity contribution in [1.29, 1.82) is 0 Å². The number of hydrogen-bond donors (Lipinski definition) is 0. The van der Waals surface area contributed by atoms with Crippen LogP contribution in [0, 0.1) is 88.4 Å². The summed E-state index contributed by atoms with van der Waals surface area (Å²) in [6, 6.07) is 0. The fourth-order valence-corrected chi connectivity index (χ4v) is 12.3. The maximum atomic E-state index is 9.75. The van der Waals surface area contributed by atoms with Gasteiger partial charge in [-0.25, -0.2) is 0 Å². The van der Waals surface area contributed by atoms with Gasteiger partial charge in [-0.15, -0.1) is 0 Å². The van der Waals surface area contributed by atoms with E-state index in [1.165, 1.54) is 64.2 Å². The van der Waals surface area contributed by atoms with Crippen LogP contribution in [0.5, 0.6) is 0 Å². The molecule has 2 saturated heterocycles. The van der Waals surface area contributed by atoms with E-state index in [0.717, 1.165) is 22.6 Å². The molecule has 9 heteroatoms. The summed E-state index contributed by atoms with van der Waals surface area (Å²) in [4.78, 5) is 0. The van der Waals surface area contributed by atoms with Crippen LogP contribution in [0.2, 0.25) is 0 Å². The third-order valence-electron chi connectivity index (χ3n) is 7.77. The van der Waals surface area contributed by atoms with Crippen molar-refractivity contribution in [2.45, 2.75) is 115 Å². The molecular formula is C32H48BF4FeP2Rh+. The molecule has 233 valence electrons. The van der Waals surface area contributed by atoms with Gasteiger partial charge in [0.2, 0.25) is 0 Å². The van der Waals surface area contributed by atoms with Crippen molar-refractivity contribution in [3.05, 3.63) is 88.4 Å². The molecule has 0 unspecified atom stereocenters. The average molecular weight is 740 g/mol. The van der Waals surface area contributed by atoms with E-state index in [2.05, 4.69) is 105 Å². The van der Waals surface area contributed by atoms with Crippen molar-refractivity contribution >= 4 is 23.1 Å². The Hall–Kier alpha value is 1.79. The van der Waals surface area contributed by atoms with E-state index < -0.39 is 7.25 Å². The summed E-state index contributed by atoms with van der Waals surface area (Å²) >= 11 is 0. The van der Waals surface area contributed by atoms with Crippen molar-refractivity contribution in [3.8, 4) is 0 Å². The summed E-state index contributed by atoms with van der Waals surface area (Å²) in [7, 11) is -5.57. The zero-order chi connectivity index (χ0) is 28.7. The van der Waals surface area contributed by atoms with Gasteiger partial charge in [-0.1, -0.05) is 43.5 Å². The van der Waals surface area contributed by atoms with Crippen LogP contribution in [-0.4, -0.2) is 29.9 Å². The second-order valence-corrected chi connectivity index (χ2v) is 16.0. The van der Waals surface area contributed by atoms with E-state index in [9.17, 15) is 17.3 Å². The van der Waals surface area contributed by atoms with Gasteiger partial charge in [-0.3, -0.25) is 0 Å². The van der Waals surface area contributed by atoms with E-state index in [1.54, 1.807) is 11.3 Å². The summed E-state index contributed by atoms with van der Waals surface area (Å²) in [5, 5.41) is 0. The minimum atomic E-state index is -6.00. The van der Waals surface area contributed by atoms with Gasteiger partial charge in [-0.2, -0.15) is 0 Å². The number of rotatable bonds is 6. The second kappa shape index (κ2) is 24.0. The molecule has 0 nitrogen and oxygen atoms in total. The molecule has 2 heterocycles. The minimum absolute atomic E-state index is 0. The molecule has 3 saturated carbocycles. The molecule has 5 aliphatic rings. The predicted molar refractivity (Wildman–Crippen MR) is 166 cm³/mol. The van der Waals surface area contributed by atoms with Crippen LogP contribution in [0.1, 0.15) is 91.9 Å². The standard InChI is InChI=1S/2C12H18P.C8H12.BF4.Fe.Rh/c2*1-3-10-9-11(4-2)13(10)12-7-5-6-8-12;1-2-4-6-8-7-5-3-1;2-1(3,4)5;;/h2*5-8,10-11H,3-4,9H2,1-2H3;1-2,7-8H,3-6H2;;;/q;;;-1;+2;/t2*10-,11-;;;;/m00..../s1. The molecule has 0 aromatic heterocycles. The van der Waals surface area contributed by atoms with Gasteiger partial charge in [0.15, 0.2) is 0 Å². The maximum Gasteiger partial charge on any atom is 2.00 e. The Morgan fingerprint density at radius 2 is 0.780 bits per heavy atom. The van der Waals surface area contributed by atoms with Crippen molar-refractivity contribution in [1.82, 2.24) is 0 Å². The van der Waals surface area contributed by atoms with Crippen LogP contribution in [-0.2, 0) is 36.5 Å². The molecule has 0 amide bonds. The van der Waals surface area contributed by atoms with Crippen molar-refractivity contribution in [3.63, 3.8) is 0 Å². The first-order valence-corrected chi connectivity index (χ1v) is 17.9. The molecule has 5 fully saturated rings. The Bertz CT molecular complexity index is 533. The number of hydrogen-bond acceptors (Lipinski definition) is 0. The number of halogens is 4. The first kappa shape index (κ1) is 42.8. The molecule has 5 rings (SSSR count). The van der Waals surface area contributed by atoms with Crippen LogP contribution in [0.3, 0.4) is 0 Å². The molecule has 0 N–H and O–H groups in total. The largest absolute Gasteiger partial charge is 2.00 e. The second-order valence-electron chi connectivity index (χ2n) is 10.4. The van der Waals surface area contributed by atoms with Gasteiger partial charge in [0, 0.05) is 30.8 Å². The summed E-state index contributed by atoms with van der Waals surface area (Å²) in [5.74, 6) is 0. The van der Waals surface area contributed by atoms with E-state index >= 15 is 0 Å². The molecule has 41 heavy (non-hydrogen) atoms. The Kier molecular flexibility index (Phi) is 25.1. The predicted octanol–water partition coefficient (Wildman–Crippen LogP) is 11.3. The molecule has 4 atom stereocenters. The van der Waals surface area contributed by atoms with Crippen LogP contribution in [0.25, 0.3) is 0 Å². The molecule has 0 bridgehead atoms. The Balaban J connectivity index is 0.000000541. The van der Waals surface area contributed by atoms with Crippen molar-refractivity contribution in [2.75, 3.05) is 0 Å². The fourth-order valence-electron chi connectivity index (χ4n) is 5.63. The maximum absolute atomic E-state index is 9.75. The topological polar surface area (TPSA) is 0 Å². The first-order chi connectivity index (χ1) is 18.7. The molecule has 3 aliphatic carbocycles. The van der Waals surface area contributed by atoms with Crippen LogP contribution in [0.4, 0.5) is 17.3 Å². The third kappa shape index (κ3) is 16.3. The zero-order valence-electron chi connectivity index (χ0n) is 25.0. The van der Waals surface area contributed by atoms with Crippen LogP contribution >= 0.6 is 15.8 Å². The molecule has 2 aliphatic heterocycles. The van der Waals surface area contributed by atoms with Gasteiger partial charge in [0.1, 0.15) is 0 Å². The van der Waals surface area contributed by atoms with Crippen molar-refractivity contribution in [2.24, 2.45) is 0 Å². The summed E-state index contributed by atoms with van der Waals surface area (Å²) < 4.78 is 39.0. The van der Waals surface area contributed by atoms with E-state index in [1.807, 2.05) is 0 Å². The van der Waals surface area contributed by atoms with E-state index in [4.69, 9.17) is 0 Å². The van der Waals surface area contributed by atoms with Gasteiger partial charge in [0.05, 0.1) is 0 Å². The molecule has 15 radical (unpaired) electrons. The zero-order valence-corrected chi connectivity index (χ0v) is 29.5. The Morgan fingerprint density at radius 1 is 0.561 bits per heavy atom. The summed E-state index contributed by atoms with van der Waals surface area (Å²) in [5.41, 5.74) is 7.43. The van der Waals surface area contributed by atoms with Gasteiger partial charge in [0.25, 0.3) is 0 Å². The van der Waals surface area contributed by atoms with Crippen LogP contribution < -0.4 is 0 Å². The summed E-state index contributed by atoms with van der Waals surface area (Å²) in [6.07, 6.45) is 40.6. The van der Waals surface area contributed by atoms with Gasteiger partial charge < -0.3 is 17.3 Å². The van der Waals surface area contributed by atoms with E-state index in [-0.39, 0.29) is 52.4 Å². The normalized spacial score (nSPS) is 29.3. The van der Waals surface area contributed by atoms with E-state index in [0.29, 0.717) is 0 Å². The molecule has 0 aromatic rings. The summed E-state index contributed by atoms with van der Waals surface area (Å²) in [6.45, 7) is 9.37. The van der Waals surface area contributed by atoms with Gasteiger partial charge in [-0.05, 0) is 164 Å². The Labute approximate surface area is 278 Å². The van der Waals surface area contributed by atoms with Crippen molar-refractivity contribution < 1.29 is 53.8 Å². The van der Waals surface area contributed by atoms with Crippen LogP contribution in [0.15, 0.2) is 0 Å². The Morgan fingerprint density at radius 3 is 0.976 bits per heavy atom. The molecule has 0 aromatic carbocycles. The average Bonchev–Trinajstić information content (AvgIpc) is 3.53. The third-order valence-corrected chi connectivity index (χ3v) is 15.0. The smallest absolute Gasteiger partial charge is 0.418 e. The minimum Gasteiger partial charge on any atom is -0.418 e. The van der Waals surface area contributed by atoms with Gasteiger partial charge >= 0.3 is 24.3 Å². The molecule has 0 spiro atoms. The quantitative estimate of drug-likeness (QED) is 0.145. The first-order valence-electron chi connectivity index (χ1n) is 14.9. The fraction of sp³-hybridized carbons (Fsp3) is 0.562.